The smallest absolute Gasteiger partial charge is 0.254 e. The summed E-state index contributed by atoms with van der Waals surface area (Å²) in [6, 6.07) is 7.41. The van der Waals surface area contributed by atoms with Gasteiger partial charge >= 0.3 is 0 Å². The highest BCUT2D eigenvalue weighted by molar-refractivity contribution is 5.95. The van der Waals surface area contributed by atoms with Gasteiger partial charge in [-0.2, -0.15) is 5.10 Å². The molecule has 0 N–H and O–H groups in total. The van der Waals surface area contributed by atoms with Crippen LogP contribution in [0.3, 0.4) is 0 Å². The van der Waals surface area contributed by atoms with Crippen LogP contribution in [0.15, 0.2) is 24.3 Å². The van der Waals surface area contributed by atoms with Crippen molar-refractivity contribution in [3.05, 3.63) is 41.2 Å². The second-order valence-electron chi connectivity index (χ2n) is 6.85. The SMILES string of the molecule is COc1ccc(C(=O)N2CCN(CCn3nc(C)cc3C)CC2)cc1OC. The first kappa shape index (κ1) is 19.2. The van der Waals surface area contributed by atoms with Gasteiger partial charge in [0.05, 0.1) is 26.5 Å². The van der Waals surface area contributed by atoms with Crippen LogP contribution < -0.4 is 9.47 Å². The third-order valence-corrected chi connectivity index (χ3v) is 5.02. The fraction of sp³-hybridized carbons (Fsp3) is 0.500. The van der Waals surface area contributed by atoms with Gasteiger partial charge in [-0.3, -0.25) is 14.4 Å². The number of benzene rings is 1. The predicted molar refractivity (Wildman–Crippen MR) is 104 cm³/mol. The number of carbonyl (C=O) groups excluding carboxylic acids is 1. The van der Waals surface area contributed by atoms with Gasteiger partial charge in [-0.15, -0.1) is 0 Å². The summed E-state index contributed by atoms with van der Waals surface area (Å²) in [5, 5.41) is 4.51. The zero-order valence-electron chi connectivity index (χ0n) is 16.6. The molecule has 7 heteroatoms. The number of piperazine rings is 1. The standard InChI is InChI=1S/C20H28N4O3/c1-15-13-16(2)24(21-15)12-9-22-7-10-23(11-8-22)20(25)17-5-6-18(26-3)19(14-17)27-4/h5-6,13-14H,7-12H2,1-4H3. The minimum Gasteiger partial charge on any atom is -0.493 e. The van der Waals surface area contributed by atoms with E-state index in [1.807, 2.05) is 11.8 Å². The number of aromatic nitrogens is 2. The molecule has 0 aliphatic carbocycles. The maximum Gasteiger partial charge on any atom is 0.254 e. The number of hydrogen-bond donors (Lipinski definition) is 0. The largest absolute Gasteiger partial charge is 0.493 e. The molecule has 0 unspecified atom stereocenters. The quantitative estimate of drug-likeness (QED) is 0.776. The summed E-state index contributed by atoms with van der Waals surface area (Å²) in [5.41, 5.74) is 2.87. The Morgan fingerprint density at radius 3 is 2.30 bits per heavy atom. The first-order valence-corrected chi connectivity index (χ1v) is 9.26. The molecule has 2 heterocycles. The lowest BCUT2D eigenvalue weighted by molar-refractivity contribution is 0.0631. The summed E-state index contributed by atoms with van der Waals surface area (Å²) in [6.45, 7) is 9.12. The number of aryl methyl sites for hydroxylation is 2. The van der Waals surface area contributed by atoms with E-state index in [1.165, 1.54) is 5.69 Å². The van der Waals surface area contributed by atoms with E-state index in [0.717, 1.165) is 45.0 Å². The van der Waals surface area contributed by atoms with Gasteiger partial charge in [0, 0.05) is 44.0 Å². The van der Waals surface area contributed by atoms with E-state index in [9.17, 15) is 4.79 Å². The first-order valence-electron chi connectivity index (χ1n) is 9.26. The maximum absolute atomic E-state index is 12.8. The zero-order valence-corrected chi connectivity index (χ0v) is 16.6. The minimum atomic E-state index is 0.0362. The van der Waals surface area contributed by atoms with Gasteiger partial charge in [0.15, 0.2) is 11.5 Å². The molecule has 1 aliphatic heterocycles. The monoisotopic (exact) mass is 372 g/mol. The Morgan fingerprint density at radius 2 is 1.70 bits per heavy atom. The minimum absolute atomic E-state index is 0.0362. The molecule has 0 bridgehead atoms. The second kappa shape index (κ2) is 8.43. The third kappa shape index (κ3) is 4.42. The van der Waals surface area contributed by atoms with Crippen molar-refractivity contribution in [2.24, 2.45) is 0 Å². The average molecular weight is 372 g/mol. The van der Waals surface area contributed by atoms with E-state index < -0.39 is 0 Å². The molecule has 0 atom stereocenters. The highest BCUT2D eigenvalue weighted by Crippen LogP contribution is 2.28. The van der Waals surface area contributed by atoms with Gasteiger partial charge < -0.3 is 14.4 Å². The van der Waals surface area contributed by atoms with E-state index in [-0.39, 0.29) is 5.91 Å². The van der Waals surface area contributed by atoms with Gasteiger partial charge in [-0.05, 0) is 38.1 Å². The van der Waals surface area contributed by atoms with Gasteiger partial charge in [0.2, 0.25) is 0 Å². The van der Waals surface area contributed by atoms with Crippen molar-refractivity contribution in [2.75, 3.05) is 46.9 Å². The lowest BCUT2D eigenvalue weighted by Gasteiger charge is -2.34. The molecule has 1 aliphatic rings. The van der Waals surface area contributed by atoms with E-state index in [1.54, 1.807) is 32.4 Å². The van der Waals surface area contributed by atoms with Crippen LogP contribution in [0.1, 0.15) is 21.7 Å². The average Bonchev–Trinajstić information content (AvgIpc) is 3.02. The number of hydrogen-bond acceptors (Lipinski definition) is 5. The summed E-state index contributed by atoms with van der Waals surface area (Å²) >= 11 is 0. The van der Waals surface area contributed by atoms with Crippen molar-refractivity contribution in [3.63, 3.8) is 0 Å². The van der Waals surface area contributed by atoms with Crippen LogP contribution in [0.4, 0.5) is 0 Å². The summed E-state index contributed by atoms with van der Waals surface area (Å²) in [4.78, 5) is 17.1. The van der Waals surface area contributed by atoms with Gasteiger partial charge in [-0.25, -0.2) is 0 Å². The highest BCUT2D eigenvalue weighted by atomic mass is 16.5. The number of amides is 1. The lowest BCUT2D eigenvalue weighted by atomic mass is 10.1. The molecule has 0 spiro atoms. The molecule has 3 rings (SSSR count). The van der Waals surface area contributed by atoms with Crippen molar-refractivity contribution in [3.8, 4) is 11.5 Å². The molecule has 146 valence electrons. The topological polar surface area (TPSA) is 59.8 Å². The Kier molecular flexibility index (Phi) is 6.01. The summed E-state index contributed by atoms with van der Waals surface area (Å²) in [7, 11) is 3.17. The first-order chi connectivity index (χ1) is 13.0. The molecule has 1 aromatic heterocycles. The van der Waals surface area contributed by atoms with Crippen molar-refractivity contribution >= 4 is 5.91 Å². The van der Waals surface area contributed by atoms with Crippen LogP contribution in [0.2, 0.25) is 0 Å². The number of nitrogens with zero attached hydrogens (tertiary/aromatic N) is 4. The molecular weight excluding hydrogens is 344 g/mol. The number of methoxy groups -OCH3 is 2. The molecule has 2 aromatic rings. The fourth-order valence-corrected chi connectivity index (χ4v) is 3.46. The fourth-order valence-electron chi connectivity index (χ4n) is 3.46. The molecule has 1 saturated heterocycles. The summed E-state index contributed by atoms with van der Waals surface area (Å²) in [5.74, 6) is 1.24. The third-order valence-electron chi connectivity index (χ3n) is 5.02. The zero-order chi connectivity index (χ0) is 19.4. The molecule has 1 amide bonds. The second-order valence-corrected chi connectivity index (χ2v) is 6.85. The van der Waals surface area contributed by atoms with Crippen molar-refractivity contribution in [2.45, 2.75) is 20.4 Å². The van der Waals surface area contributed by atoms with Crippen LogP contribution in [-0.4, -0.2) is 72.4 Å². The van der Waals surface area contributed by atoms with E-state index in [0.29, 0.717) is 17.1 Å². The van der Waals surface area contributed by atoms with Gasteiger partial charge in [-0.1, -0.05) is 0 Å². The lowest BCUT2D eigenvalue weighted by Crippen LogP contribution is -2.49. The van der Waals surface area contributed by atoms with Crippen LogP contribution in [0.25, 0.3) is 0 Å². The molecule has 7 nitrogen and oxygen atoms in total. The Balaban J connectivity index is 1.54. The van der Waals surface area contributed by atoms with Crippen LogP contribution in [-0.2, 0) is 6.54 Å². The van der Waals surface area contributed by atoms with E-state index >= 15 is 0 Å². The van der Waals surface area contributed by atoms with Crippen molar-refractivity contribution in [1.29, 1.82) is 0 Å². The Hall–Kier alpha value is -2.54. The number of carbonyl (C=O) groups is 1. The van der Waals surface area contributed by atoms with Gasteiger partial charge in [0.25, 0.3) is 5.91 Å². The molecule has 1 aromatic carbocycles. The summed E-state index contributed by atoms with van der Waals surface area (Å²) < 4.78 is 12.6. The Bertz CT molecular complexity index is 795. The number of ether oxygens (including phenoxy) is 2. The Morgan fingerprint density at radius 1 is 1.00 bits per heavy atom. The Labute approximate surface area is 160 Å². The molecule has 1 fully saturated rings. The van der Waals surface area contributed by atoms with E-state index in [2.05, 4.69) is 27.7 Å². The highest BCUT2D eigenvalue weighted by Gasteiger charge is 2.23. The van der Waals surface area contributed by atoms with Crippen LogP contribution in [0.5, 0.6) is 11.5 Å². The van der Waals surface area contributed by atoms with Crippen molar-refractivity contribution in [1.82, 2.24) is 19.6 Å². The molecular formula is C20H28N4O3. The van der Waals surface area contributed by atoms with Gasteiger partial charge in [0.1, 0.15) is 0 Å². The normalized spacial score (nSPS) is 15.0. The predicted octanol–water partition coefficient (Wildman–Crippen LogP) is 1.98. The molecule has 0 saturated carbocycles. The van der Waals surface area contributed by atoms with Crippen molar-refractivity contribution < 1.29 is 14.3 Å². The van der Waals surface area contributed by atoms with Crippen LogP contribution in [0, 0.1) is 13.8 Å². The molecule has 27 heavy (non-hydrogen) atoms. The van der Waals surface area contributed by atoms with Crippen LogP contribution >= 0.6 is 0 Å². The molecule has 0 radical (unpaired) electrons. The van der Waals surface area contributed by atoms with E-state index in [4.69, 9.17) is 9.47 Å². The maximum atomic E-state index is 12.8. The summed E-state index contributed by atoms with van der Waals surface area (Å²) in [6.07, 6.45) is 0. The number of rotatable bonds is 6.